The summed E-state index contributed by atoms with van der Waals surface area (Å²) in [5, 5.41) is 8.50. The number of hydrogen-bond acceptors (Lipinski definition) is 4. The van der Waals surface area contributed by atoms with Crippen molar-refractivity contribution in [1.82, 2.24) is 15.8 Å². The van der Waals surface area contributed by atoms with Crippen molar-refractivity contribution in [2.45, 2.75) is 39.2 Å². The lowest BCUT2D eigenvalue weighted by molar-refractivity contribution is -0.133. The molecule has 2 rings (SSSR count). The van der Waals surface area contributed by atoms with Crippen molar-refractivity contribution in [3.05, 3.63) is 17.0 Å². The van der Waals surface area contributed by atoms with Crippen LogP contribution in [0.2, 0.25) is 0 Å². The summed E-state index contributed by atoms with van der Waals surface area (Å²) in [5.41, 5.74) is 2.39. The Balaban J connectivity index is 2.04. The average Bonchev–Trinajstić information content (AvgIpc) is 2.95. The number of hydrazine groups is 1. The lowest BCUT2D eigenvalue weighted by Gasteiger charge is -2.22. The monoisotopic (exact) mass is 310 g/mol. The number of hydrogen-bond donors (Lipinski definition) is 3. The van der Waals surface area contributed by atoms with Gasteiger partial charge >= 0.3 is 12.1 Å². The summed E-state index contributed by atoms with van der Waals surface area (Å²) >= 11 is 1.37. The number of rotatable bonds is 4. The van der Waals surface area contributed by atoms with Gasteiger partial charge in [0.1, 0.15) is 5.54 Å². The number of amides is 5. The van der Waals surface area contributed by atoms with Crippen LogP contribution in [0.25, 0.3) is 0 Å². The summed E-state index contributed by atoms with van der Waals surface area (Å²) in [5.74, 6) is -0.435. The van der Waals surface area contributed by atoms with Crippen LogP contribution in [0, 0.1) is 6.92 Å². The van der Waals surface area contributed by atoms with Crippen LogP contribution in [-0.2, 0) is 4.79 Å². The zero-order chi connectivity index (χ0) is 15.6. The maximum atomic E-state index is 12.3. The molecule has 0 unspecified atom stereocenters. The second-order valence-corrected chi connectivity index (χ2v) is 5.83. The summed E-state index contributed by atoms with van der Waals surface area (Å²) in [6.45, 7) is 5.55. The van der Waals surface area contributed by atoms with E-state index in [1.54, 1.807) is 6.07 Å². The largest absolute Gasteiger partial charge is 0.344 e. The average molecular weight is 310 g/mol. The van der Waals surface area contributed by atoms with Crippen LogP contribution >= 0.6 is 11.3 Å². The fourth-order valence-corrected chi connectivity index (χ4v) is 2.98. The fraction of sp³-hybridized carbons (Fsp3) is 0.462. The Morgan fingerprint density at radius 1 is 1.38 bits per heavy atom. The van der Waals surface area contributed by atoms with Gasteiger partial charge in [-0.25, -0.2) is 15.0 Å². The van der Waals surface area contributed by atoms with Crippen LogP contribution in [0.5, 0.6) is 0 Å². The lowest BCUT2D eigenvalue weighted by Crippen LogP contribution is -2.50. The molecule has 5 amide bonds. The molecule has 0 bridgehead atoms. The van der Waals surface area contributed by atoms with E-state index in [9.17, 15) is 14.4 Å². The zero-order valence-electron chi connectivity index (χ0n) is 12.1. The van der Waals surface area contributed by atoms with Gasteiger partial charge in [-0.3, -0.25) is 10.1 Å². The van der Waals surface area contributed by atoms with Crippen molar-refractivity contribution >= 4 is 34.3 Å². The van der Waals surface area contributed by atoms with E-state index in [-0.39, 0.29) is 0 Å². The van der Waals surface area contributed by atoms with E-state index >= 15 is 0 Å². The number of urea groups is 2. The minimum absolute atomic E-state index is 0.435. The molecule has 1 fully saturated rings. The molecule has 8 heteroatoms. The molecule has 114 valence electrons. The van der Waals surface area contributed by atoms with Crippen LogP contribution in [0.4, 0.5) is 14.6 Å². The number of anilines is 1. The predicted molar refractivity (Wildman–Crippen MR) is 79.9 cm³/mol. The van der Waals surface area contributed by atoms with Gasteiger partial charge in [-0.2, -0.15) is 5.01 Å². The Labute approximate surface area is 126 Å². The van der Waals surface area contributed by atoms with E-state index in [4.69, 9.17) is 0 Å². The van der Waals surface area contributed by atoms with E-state index < -0.39 is 23.5 Å². The van der Waals surface area contributed by atoms with Gasteiger partial charge in [-0.05, 0) is 36.8 Å². The highest BCUT2D eigenvalue weighted by atomic mass is 32.1. The molecule has 2 heterocycles. The molecule has 1 aromatic heterocycles. The van der Waals surface area contributed by atoms with Crippen molar-refractivity contribution in [1.29, 1.82) is 0 Å². The molecule has 0 aromatic carbocycles. The molecule has 0 atom stereocenters. The summed E-state index contributed by atoms with van der Waals surface area (Å²) in [6.07, 6.45) is 0.940. The van der Waals surface area contributed by atoms with Gasteiger partial charge in [-0.15, -0.1) is 11.3 Å². The second kappa shape index (κ2) is 5.72. The van der Waals surface area contributed by atoms with Crippen LogP contribution in [0.15, 0.2) is 11.4 Å². The smallest absolute Gasteiger partial charge is 0.322 e. The van der Waals surface area contributed by atoms with Crippen molar-refractivity contribution in [2.24, 2.45) is 0 Å². The molecular formula is C13H18N4O3S. The Kier molecular flexibility index (Phi) is 4.17. The Hall–Kier alpha value is -2.09. The van der Waals surface area contributed by atoms with Crippen LogP contribution in [-0.4, -0.2) is 28.5 Å². The molecule has 1 saturated heterocycles. The van der Waals surface area contributed by atoms with Gasteiger partial charge in [-0.1, -0.05) is 13.8 Å². The summed E-state index contributed by atoms with van der Waals surface area (Å²) in [4.78, 5) is 36.0. The Bertz CT molecular complexity index is 580. The summed E-state index contributed by atoms with van der Waals surface area (Å²) < 4.78 is 0. The van der Waals surface area contributed by atoms with Gasteiger partial charge in [0.2, 0.25) is 0 Å². The summed E-state index contributed by atoms with van der Waals surface area (Å²) in [7, 11) is 0. The standard InChI is InChI=1S/C13H18N4O3S/c1-4-13(5-2)10(18)17(12(20)15-13)16-11(19)14-9-6-8(3)7-21-9/h6-7H,4-5H2,1-3H3,(H,15,20)(H2,14,16,19). The topological polar surface area (TPSA) is 90.5 Å². The quantitative estimate of drug-likeness (QED) is 0.745. The third-order valence-corrected chi connectivity index (χ3v) is 4.51. The van der Waals surface area contributed by atoms with E-state index in [2.05, 4.69) is 16.1 Å². The highest BCUT2D eigenvalue weighted by molar-refractivity contribution is 7.14. The fourth-order valence-electron chi connectivity index (χ4n) is 2.19. The number of imide groups is 1. The molecule has 7 nitrogen and oxygen atoms in total. The van der Waals surface area contributed by atoms with Crippen LogP contribution in [0.3, 0.4) is 0 Å². The van der Waals surface area contributed by atoms with Crippen molar-refractivity contribution in [2.75, 3.05) is 5.32 Å². The van der Waals surface area contributed by atoms with Gasteiger partial charge < -0.3 is 5.32 Å². The number of carbonyl (C=O) groups excluding carboxylic acids is 3. The molecule has 0 saturated carbocycles. The molecule has 0 spiro atoms. The van der Waals surface area contributed by atoms with E-state index in [0.29, 0.717) is 17.8 Å². The molecule has 1 aliphatic heterocycles. The zero-order valence-corrected chi connectivity index (χ0v) is 13.0. The van der Waals surface area contributed by atoms with Gasteiger partial charge in [0, 0.05) is 0 Å². The first-order valence-corrected chi connectivity index (χ1v) is 7.59. The third kappa shape index (κ3) is 2.85. The minimum atomic E-state index is -0.927. The first-order chi connectivity index (χ1) is 9.91. The first-order valence-electron chi connectivity index (χ1n) is 6.71. The second-order valence-electron chi connectivity index (χ2n) is 4.91. The molecule has 1 aromatic rings. The van der Waals surface area contributed by atoms with Crippen molar-refractivity contribution in [3.8, 4) is 0 Å². The number of thiophene rings is 1. The van der Waals surface area contributed by atoms with Crippen molar-refractivity contribution < 1.29 is 14.4 Å². The van der Waals surface area contributed by atoms with E-state index in [1.807, 2.05) is 26.2 Å². The van der Waals surface area contributed by atoms with Gasteiger partial charge in [0.25, 0.3) is 5.91 Å². The van der Waals surface area contributed by atoms with Crippen LogP contribution in [0.1, 0.15) is 32.3 Å². The third-order valence-electron chi connectivity index (χ3n) is 3.55. The molecule has 1 aliphatic rings. The van der Waals surface area contributed by atoms with Gasteiger partial charge in [0.15, 0.2) is 0 Å². The molecule has 21 heavy (non-hydrogen) atoms. The van der Waals surface area contributed by atoms with E-state index in [1.165, 1.54) is 11.3 Å². The van der Waals surface area contributed by atoms with Gasteiger partial charge in [0.05, 0.1) is 5.00 Å². The Morgan fingerprint density at radius 3 is 2.52 bits per heavy atom. The minimum Gasteiger partial charge on any atom is -0.322 e. The number of aryl methyl sites for hydroxylation is 1. The molecule has 3 N–H and O–H groups in total. The maximum absolute atomic E-state index is 12.3. The normalized spacial score (nSPS) is 16.8. The highest BCUT2D eigenvalue weighted by Crippen LogP contribution is 2.24. The predicted octanol–water partition coefficient (Wildman–Crippen LogP) is 2.20. The lowest BCUT2D eigenvalue weighted by atomic mass is 9.93. The number of carbonyl (C=O) groups is 3. The molecule has 0 aliphatic carbocycles. The molecule has 0 radical (unpaired) electrons. The van der Waals surface area contributed by atoms with E-state index in [0.717, 1.165) is 10.6 Å². The SMILES string of the molecule is CCC1(CC)NC(=O)N(NC(=O)Nc2cc(C)cs2)C1=O. The number of nitrogens with zero attached hydrogens (tertiary/aromatic N) is 1. The maximum Gasteiger partial charge on any atom is 0.344 e. The van der Waals surface area contributed by atoms with Crippen molar-refractivity contribution in [3.63, 3.8) is 0 Å². The molecular weight excluding hydrogens is 292 g/mol. The number of nitrogens with one attached hydrogen (secondary N) is 3. The first kappa shape index (κ1) is 15.3. The Morgan fingerprint density at radius 2 is 2.05 bits per heavy atom. The van der Waals surface area contributed by atoms with Crippen LogP contribution < -0.4 is 16.1 Å². The highest BCUT2D eigenvalue weighted by Gasteiger charge is 2.49. The summed E-state index contributed by atoms with van der Waals surface area (Å²) in [6, 6.07) is 0.572.